The molecule has 0 radical (unpaired) electrons. The fourth-order valence-corrected chi connectivity index (χ4v) is 1.93. The van der Waals surface area contributed by atoms with Crippen LogP contribution in [0.15, 0.2) is 23.1 Å². The first-order chi connectivity index (χ1) is 5.41. The van der Waals surface area contributed by atoms with E-state index in [9.17, 15) is 8.42 Å². The predicted molar refractivity (Wildman–Crippen MR) is 48.6 cm³/mol. The molecule has 1 rings (SSSR count). The molecule has 0 heterocycles. The summed E-state index contributed by atoms with van der Waals surface area (Å²) in [7, 11) is 1.42. The molecule has 0 saturated carbocycles. The summed E-state index contributed by atoms with van der Waals surface area (Å²) in [5, 5.41) is 0. The summed E-state index contributed by atoms with van der Waals surface area (Å²) in [6.45, 7) is 1.77. The third-order valence-electron chi connectivity index (χ3n) is 1.43. The maximum atomic E-state index is 10.9. The Morgan fingerprint density at radius 2 is 2.00 bits per heavy atom. The van der Waals surface area contributed by atoms with Gasteiger partial charge in [-0.1, -0.05) is 6.07 Å². The standard InChI is InChI=1S/C7H8ClNO2S/c1-5-2-3-6(9)7(4-5)12(8,10)11/h2-4H,9H2,1H3. The Kier molecular flexibility index (Phi) is 2.30. The van der Waals surface area contributed by atoms with Crippen molar-refractivity contribution < 1.29 is 8.42 Å². The van der Waals surface area contributed by atoms with Crippen molar-refractivity contribution in [2.75, 3.05) is 5.73 Å². The van der Waals surface area contributed by atoms with Crippen molar-refractivity contribution in [3.05, 3.63) is 23.8 Å². The highest BCUT2D eigenvalue weighted by atomic mass is 35.7. The zero-order valence-corrected chi connectivity index (χ0v) is 7.98. The van der Waals surface area contributed by atoms with E-state index >= 15 is 0 Å². The third-order valence-corrected chi connectivity index (χ3v) is 2.81. The van der Waals surface area contributed by atoms with Crippen LogP contribution in [-0.2, 0) is 9.05 Å². The molecule has 12 heavy (non-hydrogen) atoms. The summed E-state index contributed by atoms with van der Waals surface area (Å²) in [5.74, 6) is 0. The predicted octanol–water partition coefficient (Wildman–Crippen LogP) is 1.50. The summed E-state index contributed by atoms with van der Waals surface area (Å²) >= 11 is 0. The van der Waals surface area contributed by atoms with Gasteiger partial charge in [0, 0.05) is 10.7 Å². The Labute approximate surface area is 75.6 Å². The van der Waals surface area contributed by atoms with Gasteiger partial charge in [-0.3, -0.25) is 0 Å². The molecule has 0 unspecified atom stereocenters. The monoisotopic (exact) mass is 205 g/mol. The zero-order valence-electron chi connectivity index (χ0n) is 6.41. The van der Waals surface area contributed by atoms with Crippen molar-refractivity contribution in [1.82, 2.24) is 0 Å². The van der Waals surface area contributed by atoms with E-state index in [-0.39, 0.29) is 10.6 Å². The van der Waals surface area contributed by atoms with Gasteiger partial charge in [0.2, 0.25) is 0 Å². The number of nitrogens with two attached hydrogens (primary N) is 1. The topological polar surface area (TPSA) is 60.2 Å². The van der Waals surface area contributed by atoms with Crippen molar-refractivity contribution in [1.29, 1.82) is 0 Å². The van der Waals surface area contributed by atoms with Crippen LogP contribution in [0.2, 0.25) is 0 Å². The number of nitrogen functional groups attached to an aromatic ring is 1. The molecule has 0 aliphatic heterocycles. The molecule has 0 fully saturated rings. The molecule has 5 heteroatoms. The molecule has 0 spiro atoms. The normalized spacial score (nSPS) is 11.5. The average Bonchev–Trinajstić information content (AvgIpc) is 1.92. The number of hydrogen-bond acceptors (Lipinski definition) is 3. The Balaban J connectivity index is 3.43. The van der Waals surface area contributed by atoms with E-state index in [1.165, 1.54) is 12.1 Å². The third kappa shape index (κ3) is 1.89. The second kappa shape index (κ2) is 2.95. The van der Waals surface area contributed by atoms with E-state index in [0.29, 0.717) is 0 Å². The van der Waals surface area contributed by atoms with Crippen LogP contribution < -0.4 is 5.73 Å². The van der Waals surface area contributed by atoms with Crippen molar-refractivity contribution in [2.45, 2.75) is 11.8 Å². The van der Waals surface area contributed by atoms with Gasteiger partial charge in [-0.15, -0.1) is 0 Å². The SMILES string of the molecule is Cc1ccc(N)c(S(=O)(=O)Cl)c1. The maximum absolute atomic E-state index is 10.9. The lowest BCUT2D eigenvalue weighted by atomic mass is 10.2. The number of hydrogen-bond donors (Lipinski definition) is 1. The minimum Gasteiger partial charge on any atom is -0.398 e. The number of anilines is 1. The minimum atomic E-state index is -3.71. The van der Waals surface area contributed by atoms with Gasteiger partial charge in [-0.25, -0.2) is 8.42 Å². The first-order valence-electron chi connectivity index (χ1n) is 3.22. The van der Waals surface area contributed by atoms with Crippen LogP contribution in [0.4, 0.5) is 5.69 Å². The molecule has 3 nitrogen and oxygen atoms in total. The Bertz CT molecular complexity index is 400. The number of rotatable bonds is 1. The van der Waals surface area contributed by atoms with Crippen LogP contribution in [0, 0.1) is 6.92 Å². The van der Waals surface area contributed by atoms with Crippen molar-refractivity contribution in [3.63, 3.8) is 0 Å². The lowest BCUT2D eigenvalue weighted by Gasteiger charge is -2.01. The van der Waals surface area contributed by atoms with Crippen LogP contribution >= 0.6 is 10.7 Å². The van der Waals surface area contributed by atoms with Gasteiger partial charge >= 0.3 is 0 Å². The molecule has 0 aliphatic rings. The number of benzene rings is 1. The van der Waals surface area contributed by atoms with E-state index in [1.54, 1.807) is 13.0 Å². The van der Waals surface area contributed by atoms with Crippen LogP contribution in [0.5, 0.6) is 0 Å². The molecule has 0 amide bonds. The molecule has 0 aromatic heterocycles. The smallest absolute Gasteiger partial charge is 0.263 e. The summed E-state index contributed by atoms with van der Waals surface area (Å²) in [6.07, 6.45) is 0. The Morgan fingerprint density at radius 1 is 1.42 bits per heavy atom. The van der Waals surface area contributed by atoms with Crippen molar-refractivity contribution in [2.24, 2.45) is 0 Å². The van der Waals surface area contributed by atoms with Gasteiger partial charge in [0.05, 0.1) is 5.69 Å². The molecule has 2 N–H and O–H groups in total. The average molecular weight is 206 g/mol. The van der Waals surface area contributed by atoms with Gasteiger partial charge in [-0.05, 0) is 24.6 Å². The molecule has 0 bridgehead atoms. The van der Waals surface area contributed by atoms with Gasteiger partial charge in [0.1, 0.15) is 4.90 Å². The summed E-state index contributed by atoms with van der Waals surface area (Å²) in [6, 6.07) is 4.68. The fraction of sp³-hybridized carbons (Fsp3) is 0.143. The van der Waals surface area contributed by atoms with E-state index < -0.39 is 9.05 Å². The highest BCUT2D eigenvalue weighted by molar-refractivity contribution is 8.13. The molecule has 0 atom stereocenters. The van der Waals surface area contributed by atoms with Gasteiger partial charge < -0.3 is 5.73 Å². The summed E-state index contributed by atoms with van der Waals surface area (Å²) in [5.41, 5.74) is 6.40. The summed E-state index contributed by atoms with van der Waals surface area (Å²) in [4.78, 5) is -0.0239. The first kappa shape index (κ1) is 9.35. The van der Waals surface area contributed by atoms with Crippen LogP contribution in [0.25, 0.3) is 0 Å². The van der Waals surface area contributed by atoms with E-state index in [2.05, 4.69) is 0 Å². The second-order valence-electron chi connectivity index (χ2n) is 2.48. The van der Waals surface area contributed by atoms with E-state index in [1.807, 2.05) is 0 Å². The highest BCUT2D eigenvalue weighted by Gasteiger charge is 2.13. The number of aryl methyl sites for hydroxylation is 1. The van der Waals surface area contributed by atoms with Gasteiger partial charge in [0.25, 0.3) is 9.05 Å². The first-order valence-corrected chi connectivity index (χ1v) is 5.53. The minimum absolute atomic E-state index is 0.0239. The fourth-order valence-electron chi connectivity index (χ4n) is 0.853. The molecular formula is C7H8ClNO2S. The lowest BCUT2D eigenvalue weighted by Crippen LogP contribution is -1.98. The van der Waals surface area contributed by atoms with Gasteiger partial charge in [-0.2, -0.15) is 0 Å². The maximum Gasteiger partial charge on any atom is 0.263 e. The van der Waals surface area contributed by atoms with Crippen LogP contribution in [0.1, 0.15) is 5.56 Å². The Hall–Kier alpha value is -0.740. The number of halogens is 1. The van der Waals surface area contributed by atoms with E-state index in [4.69, 9.17) is 16.4 Å². The van der Waals surface area contributed by atoms with Gasteiger partial charge in [0.15, 0.2) is 0 Å². The largest absolute Gasteiger partial charge is 0.398 e. The van der Waals surface area contributed by atoms with Crippen LogP contribution in [-0.4, -0.2) is 8.42 Å². The van der Waals surface area contributed by atoms with Crippen LogP contribution in [0.3, 0.4) is 0 Å². The second-order valence-corrected chi connectivity index (χ2v) is 5.01. The molecule has 0 saturated heterocycles. The van der Waals surface area contributed by atoms with Crippen molar-refractivity contribution in [3.8, 4) is 0 Å². The molecule has 0 aliphatic carbocycles. The zero-order chi connectivity index (χ0) is 9.35. The molecule has 1 aromatic carbocycles. The molecular weight excluding hydrogens is 198 g/mol. The van der Waals surface area contributed by atoms with Crippen molar-refractivity contribution >= 4 is 25.4 Å². The lowest BCUT2D eigenvalue weighted by molar-refractivity contribution is 0.610. The summed E-state index contributed by atoms with van der Waals surface area (Å²) < 4.78 is 21.8. The van der Waals surface area contributed by atoms with E-state index in [0.717, 1.165) is 5.56 Å². The highest BCUT2D eigenvalue weighted by Crippen LogP contribution is 2.22. The molecule has 66 valence electrons. The quantitative estimate of drug-likeness (QED) is 0.559. The Morgan fingerprint density at radius 3 is 2.42 bits per heavy atom. The molecule has 1 aromatic rings.